The molecule has 0 bridgehead atoms. The van der Waals surface area contributed by atoms with Crippen LogP contribution >= 0.6 is 0 Å². The average molecular weight is 312 g/mol. The van der Waals surface area contributed by atoms with Crippen LogP contribution in [0.1, 0.15) is 43.2 Å². The predicted octanol–water partition coefficient (Wildman–Crippen LogP) is 3.58. The molecule has 4 nitrogen and oxygen atoms in total. The normalized spacial score (nSPS) is 12.0. The summed E-state index contributed by atoms with van der Waals surface area (Å²) >= 11 is 0. The van der Waals surface area contributed by atoms with Crippen LogP contribution in [0.4, 0.5) is 0 Å². The molecule has 1 heterocycles. The van der Waals surface area contributed by atoms with E-state index in [0.29, 0.717) is 5.56 Å². The molecule has 0 aliphatic rings. The number of rotatable bonds is 6. The molecule has 0 unspecified atom stereocenters. The molecule has 4 heteroatoms. The van der Waals surface area contributed by atoms with Crippen molar-refractivity contribution in [2.24, 2.45) is 0 Å². The number of amides is 1. The van der Waals surface area contributed by atoms with Crippen molar-refractivity contribution in [2.45, 2.75) is 46.7 Å². The lowest BCUT2D eigenvalue weighted by Crippen LogP contribution is -2.35. The number of hydrogen-bond donors (Lipinski definition) is 1. The van der Waals surface area contributed by atoms with E-state index >= 15 is 0 Å². The molecule has 1 aromatic carbocycles. The monoisotopic (exact) mass is 312 g/mol. The van der Waals surface area contributed by atoms with Crippen molar-refractivity contribution < 1.29 is 9.59 Å². The van der Waals surface area contributed by atoms with Crippen LogP contribution in [0.3, 0.4) is 0 Å². The fourth-order valence-corrected chi connectivity index (χ4v) is 2.62. The highest BCUT2D eigenvalue weighted by Gasteiger charge is 2.18. The summed E-state index contributed by atoms with van der Waals surface area (Å²) in [5.74, 6) is -0.0221. The smallest absolute Gasteiger partial charge is 0.240 e. The number of aromatic nitrogens is 1. The van der Waals surface area contributed by atoms with E-state index in [2.05, 4.69) is 5.32 Å². The Kier molecular flexibility index (Phi) is 5.37. The van der Waals surface area contributed by atoms with E-state index in [0.717, 1.165) is 23.4 Å². The van der Waals surface area contributed by atoms with Crippen LogP contribution < -0.4 is 5.32 Å². The van der Waals surface area contributed by atoms with Crippen LogP contribution in [0, 0.1) is 6.92 Å². The van der Waals surface area contributed by atoms with E-state index < -0.39 is 0 Å². The Morgan fingerprint density at radius 1 is 1.22 bits per heavy atom. The molecule has 0 saturated heterocycles. The van der Waals surface area contributed by atoms with E-state index in [1.807, 2.05) is 61.7 Å². The minimum absolute atomic E-state index is 0.0146. The van der Waals surface area contributed by atoms with Gasteiger partial charge >= 0.3 is 0 Å². The number of nitrogens with one attached hydrogen (secondary N) is 1. The highest BCUT2D eigenvalue weighted by Crippen LogP contribution is 2.26. The molecule has 1 atom stereocenters. The van der Waals surface area contributed by atoms with Crippen LogP contribution in [-0.4, -0.2) is 22.3 Å². The lowest BCUT2D eigenvalue weighted by atomic mass is 10.1. The zero-order chi connectivity index (χ0) is 17.0. The molecule has 122 valence electrons. The third-order valence-corrected chi connectivity index (χ3v) is 4.14. The molecule has 23 heavy (non-hydrogen) atoms. The first-order valence-electron chi connectivity index (χ1n) is 7.99. The van der Waals surface area contributed by atoms with Gasteiger partial charge in [-0.3, -0.25) is 9.59 Å². The van der Waals surface area contributed by atoms with Gasteiger partial charge in [-0.15, -0.1) is 0 Å². The van der Waals surface area contributed by atoms with Gasteiger partial charge in [-0.1, -0.05) is 37.3 Å². The SMILES string of the molecule is CC[C@@H](C)NC(=O)Cn1c(-c2ccccc2)cc(C(C)=O)c1C. The minimum Gasteiger partial charge on any atom is -0.352 e. The second-order valence-corrected chi connectivity index (χ2v) is 5.91. The van der Waals surface area contributed by atoms with Gasteiger partial charge in [0.15, 0.2) is 5.78 Å². The number of carbonyl (C=O) groups excluding carboxylic acids is 2. The maximum atomic E-state index is 12.3. The molecule has 0 fully saturated rings. The number of benzene rings is 1. The van der Waals surface area contributed by atoms with E-state index in [9.17, 15) is 9.59 Å². The Balaban J connectivity index is 2.40. The van der Waals surface area contributed by atoms with Gasteiger partial charge < -0.3 is 9.88 Å². The summed E-state index contributed by atoms with van der Waals surface area (Å²) in [5.41, 5.74) is 3.39. The molecule has 2 aromatic rings. The molecular weight excluding hydrogens is 288 g/mol. The summed E-state index contributed by atoms with van der Waals surface area (Å²) < 4.78 is 1.92. The van der Waals surface area contributed by atoms with Crippen LogP contribution in [0.25, 0.3) is 11.3 Å². The first-order chi connectivity index (χ1) is 10.9. The van der Waals surface area contributed by atoms with Crippen molar-refractivity contribution >= 4 is 11.7 Å². The molecule has 2 rings (SSSR count). The van der Waals surface area contributed by atoms with Crippen LogP contribution in [0.15, 0.2) is 36.4 Å². The molecule has 1 amide bonds. The average Bonchev–Trinajstić information content (AvgIpc) is 2.85. The fourth-order valence-electron chi connectivity index (χ4n) is 2.62. The topological polar surface area (TPSA) is 51.1 Å². The first-order valence-corrected chi connectivity index (χ1v) is 7.99. The summed E-state index contributed by atoms with van der Waals surface area (Å²) in [5, 5.41) is 2.98. The molecule has 1 aromatic heterocycles. The molecule has 1 N–H and O–H groups in total. The highest BCUT2D eigenvalue weighted by molar-refractivity contribution is 5.97. The third kappa shape index (κ3) is 3.89. The lowest BCUT2D eigenvalue weighted by molar-refractivity contribution is -0.122. The highest BCUT2D eigenvalue weighted by atomic mass is 16.2. The number of Topliss-reactive ketones (excluding diaryl/α,β-unsaturated/α-hetero) is 1. The Hall–Kier alpha value is -2.36. The van der Waals surface area contributed by atoms with Crippen molar-refractivity contribution in [3.63, 3.8) is 0 Å². The number of nitrogens with zero attached hydrogens (tertiary/aromatic N) is 1. The summed E-state index contributed by atoms with van der Waals surface area (Å²) in [4.78, 5) is 24.1. The van der Waals surface area contributed by atoms with Gasteiger partial charge in [-0.05, 0) is 38.8 Å². The molecule has 0 radical (unpaired) electrons. The van der Waals surface area contributed by atoms with Gasteiger partial charge in [0, 0.05) is 23.0 Å². The van der Waals surface area contributed by atoms with Crippen molar-refractivity contribution in [2.75, 3.05) is 0 Å². The number of hydrogen-bond acceptors (Lipinski definition) is 2. The van der Waals surface area contributed by atoms with Crippen molar-refractivity contribution in [3.05, 3.63) is 47.7 Å². The van der Waals surface area contributed by atoms with E-state index in [-0.39, 0.29) is 24.3 Å². The van der Waals surface area contributed by atoms with E-state index in [1.54, 1.807) is 6.92 Å². The van der Waals surface area contributed by atoms with Crippen molar-refractivity contribution in [3.8, 4) is 11.3 Å². The van der Waals surface area contributed by atoms with Crippen molar-refractivity contribution in [1.82, 2.24) is 9.88 Å². The maximum absolute atomic E-state index is 12.3. The Morgan fingerprint density at radius 3 is 2.43 bits per heavy atom. The van der Waals surface area contributed by atoms with Gasteiger partial charge in [0.1, 0.15) is 6.54 Å². The Bertz CT molecular complexity index is 702. The van der Waals surface area contributed by atoms with Crippen molar-refractivity contribution in [1.29, 1.82) is 0 Å². The largest absolute Gasteiger partial charge is 0.352 e. The van der Waals surface area contributed by atoms with Crippen LogP contribution in [0.2, 0.25) is 0 Å². The summed E-state index contributed by atoms with van der Waals surface area (Å²) in [6.07, 6.45) is 0.890. The number of ketones is 1. The van der Waals surface area contributed by atoms with Crippen LogP contribution in [-0.2, 0) is 11.3 Å². The summed E-state index contributed by atoms with van der Waals surface area (Å²) in [6, 6.07) is 11.9. The predicted molar refractivity (Wildman–Crippen MR) is 92.5 cm³/mol. The summed E-state index contributed by atoms with van der Waals surface area (Å²) in [7, 11) is 0. The Morgan fingerprint density at radius 2 is 1.87 bits per heavy atom. The summed E-state index contributed by atoms with van der Waals surface area (Å²) in [6.45, 7) is 7.68. The molecule has 0 spiro atoms. The van der Waals surface area contributed by atoms with E-state index in [4.69, 9.17) is 0 Å². The second kappa shape index (κ2) is 7.27. The first kappa shape index (κ1) is 17.0. The van der Waals surface area contributed by atoms with E-state index in [1.165, 1.54) is 0 Å². The fraction of sp³-hybridized carbons (Fsp3) is 0.368. The van der Waals surface area contributed by atoms with Crippen LogP contribution in [0.5, 0.6) is 0 Å². The van der Waals surface area contributed by atoms with Gasteiger partial charge in [0.2, 0.25) is 5.91 Å². The zero-order valence-corrected chi connectivity index (χ0v) is 14.2. The second-order valence-electron chi connectivity index (χ2n) is 5.91. The van der Waals surface area contributed by atoms with Gasteiger partial charge in [-0.2, -0.15) is 0 Å². The van der Waals surface area contributed by atoms with Gasteiger partial charge in [0.05, 0.1) is 0 Å². The lowest BCUT2D eigenvalue weighted by Gasteiger charge is -2.15. The van der Waals surface area contributed by atoms with Gasteiger partial charge in [-0.25, -0.2) is 0 Å². The number of carbonyl (C=O) groups is 2. The standard InChI is InChI=1S/C19H24N2O2/c1-5-13(2)20-19(23)12-21-14(3)17(15(4)22)11-18(21)16-9-7-6-8-10-16/h6-11,13H,5,12H2,1-4H3,(H,20,23)/t13-/m1/s1. The molecule has 0 aliphatic carbocycles. The third-order valence-electron chi connectivity index (χ3n) is 4.14. The maximum Gasteiger partial charge on any atom is 0.240 e. The quantitative estimate of drug-likeness (QED) is 0.829. The molecule has 0 saturated carbocycles. The molecule has 0 aliphatic heterocycles. The Labute approximate surface area is 137 Å². The zero-order valence-electron chi connectivity index (χ0n) is 14.2. The molecular formula is C19H24N2O2. The van der Waals surface area contributed by atoms with Gasteiger partial charge in [0.25, 0.3) is 0 Å². The minimum atomic E-state index is -0.0367.